The topological polar surface area (TPSA) is 21.3 Å². The number of hydrogen-bond donors (Lipinski definition) is 1. The Morgan fingerprint density at radius 1 is 1.22 bits per heavy atom. The van der Waals surface area contributed by atoms with Crippen molar-refractivity contribution < 1.29 is 4.74 Å². The quantitative estimate of drug-likeness (QED) is 0.577. The van der Waals surface area contributed by atoms with Gasteiger partial charge in [-0.3, -0.25) is 0 Å². The first-order chi connectivity index (χ1) is 8.90. The fourth-order valence-corrected chi connectivity index (χ4v) is 3.24. The van der Waals surface area contributed by atoms with E-state index in [1.54, 1.807) is 18.2 Å². The van der Waals surface area contributed by atoms with Gasteiger partial charge in [0.25, 0.3) is 0 Å². The van der Waals surface area contributed by atoms with Gasteiger partial charge in [-0.15, -0.1) is 11.8 Å². The molecule has 3 heteroatoms. The van der Waals surface area contributed by atoms with Crippen LogP contribution in [0.3, 0.4) is 0 Å². The van der Waals surface area contributed by atoms with Crippen LogP contribution >= 0.6 is 11.8 Å². The predicted molar refractivity (Wildman–Crippen MR) is 78.6 cm³/mol. The lowest BCUT2D eigenvalue weighted by Crippen LogP contribution is -2.20. The molecule has 1 aromatic rings. The van der Waals surface area contributed by atoms with Crippen molar-refractivity contribution in [3.8, 4) is 0 Å². The lowest BCUT2D eigenvalue weighted by Gasteiger charge is -2.06. The van der Waals surface area contributed by atoms with Crippen LogP contribution in [-0.2, 0) is 17.6 Å². The third kappa shape index (κ3) is 4.30. The second-order valence-corrected chi connectivity index (χ2v) is 5.90. The van der Waals surface area contributed by atoms with Crippen molar-refractivity contribution in [1.82, 2.24) is 5.32 Å². The second kappa shape index (κ2) is 7.82. The Bertz CT molecular complexity index is 368. The Kier molecular flexibility index (Phi) is 6.05. The highest BCUT2D eigenvalue weighted by atomic mass is 32.2. The first-order valence-electron chi connectivity index (χ1n) is 6.84. The summed E-state index contributed by atoms with van der Waals surface area (Å²) in [6.45, 7) is 2.85. The average Bonchev–Trinajstić information content (AvgIpc) is 2.85. The SMILES string of the molecule is COCCNCCCSc1ccc2c(c1)CCC2. The van der Waals surface area contributed by atoms with E-state index in [1.807, 2.05) is 11.8 Å². The maximum absolute atomic E-state index is 4.99. The van der Waals surface area contributed by atoms with Crippen molar-refractivity contribution >= 4 is 11.8 Å². The van der Waals surface area contributed by atoms with Crippen LogP contribution in [0.15, 0.2) is 23.1 Å². The Balaban J connectivity index is 1.62. The number of benzene rings is 1. The molecule has 0 amide bonds. The van der Waals surface area contributed by atoms with E-state index in [0.29, 0.717) is 0 Å². The van der Waals surface area contributed by atoms with Gasteiger partial charge in [0.1, 0.15) is 0 Å². The molecule has 2 nitrogen and oxygen atoms in total. The summed E-state index contributed by atoms with van der Waals surface area (Å²) in [6, 6.07) is 7.00. The van der Waals surface area contributed by atoms with Crippen molar-refractivity contribution in [3.63, 3.8) is 0 Å². The molecule has 0 bridgehead atoms. The number of methoxy groups -OCH3 is 1. The van der Waals surface area contributed by atoms with Crippen molar-refractivity contribution in [2.75, 3.05) is 32.6 Å². The van der Waals surface area contributed by atoms with Gasteiger partial charge in [-0.05, 0) is 61.2 Å². The van der Waals surface area contributed by atoms with E-state index in [-0.39, 0.29) is 0 Å². The summed E-state index contributed by atoms with van der Waals surface area (Å²) in [7, 11) is 1.74. The maximum Gasteiger partial charge on any atom is 0.0587 e. The number of fused-ring (bicyclic) bond motifs is 1. The molecule has 0 saturated heterocycles. The van der Waals surface area contributed by atoms with Gasteiger partial charge in [0.05, 0.1) is 6.61 Å². The molecule has 1 aliphatic carbocycles. The Hall–Kier alpha value is -0.510. The molecule has 0 fully saturated rings. The van der Waals surface area contributed by atoms with E-state index in [0.717, 1.165) is 19.7 Å². The van der Waals surface area contributed by atoms with Crippen LogP contribution in [0.1, 0.15) is 24.0 Å². The average molecular weight is 265 g/mol. The van der Waals surface area contributed by atoms with Crippen molar-refractivity contribution in [1.29, 1.82) is 0 Å². The number of ether oxygens (including phenoxy) is 1. The first-order valence-corrected chi connectivity index (χ1v) is 7.83. The van der Waals surface area contributed by atoms with E-state index >= 15 is 0 Å². The lowest BCUT2D eigenvalue weighted by atomic mass is 10.1. The summed E-state index contributed by atoms with van der Waals surface area (Å²) in [4.78, 5) is 1.44. The molecule has 0 saturated carbocycles. The highest BCUT2D eigenvalue weighted by Crippen LogP contribution is 2.27. The Morgan fingerprint density at radius 2 is 2.11 bits per heavy atom. The Labute approximate surface area is 114 Å². The number of aryl methyl sites for hydroxylation is 2. The van der Waals surface area contributed by atoms with Crippen LogP contribution in [0, 0.1) is 0 Å². The summed E-state index contributed by atoms with van der Waals surface area (Å²) in [6.07, 6.45) is 5.12. The second-order valence-electron chi connectivity index (χ2n) is 4.73. The van der Waals surface area contributed by atoms with Crippen LogP contribution in [-0.4, -0.2) is 32.6 Å². The summed E-state index contributed by atoms with van der Waals surface area (Å²) >= 11 is 1.98. The molecule has 1 aliphatic rings. The maximum atomic E-state index is 4.99. The predicted octanol–water partition coefficient (Wildman–Crippen LogP) is 2.89. The normalized spacial score (nSPS) is 13.8. The molecule has 2 rings (SSSR count). The number of rotatable bonds is 8. The van der Waals surface area contributed by atoms with E-state index in [1.165, 1.54) is 36.3 Å². The number of hydrogen-bond acceptors (Lipinski definition) is 3. The minimum absolute atomic E-state index is 0.804. The molecule has 0 atom stereocenters. The van der Waals surface area contributed by atoms with Crippen LogP contribution in [0.25, 0.3) is 0 Å². The summed E-state index contributed by atoms with van der Waals surface area (Å²) < 4.78 is 4.99. The van der Waals surface area contributed by atoms with Crippen molar-refractivity contribution in [2.45, 2.75) is 30.6 Å². The molecular formula is C15H23NOS. The zero-order valence-corrected chi connectivity index (χ0v) is 12.0. The standard InChI is InChI=1S/C15H23NOS/c1-17-10-9-16-8-3-11-18-15-7-6-13-4-2-5-14(13)12-15/h6-7,12,16H,2-5,8-11H2,1H3. The van der Waals surface area contributed by atoms with E-state index in [4.69, 9.17) is 4.74 Å². The van der Waals surface area contributed by atoms with Crippen molar-refractivity contribution in [3.05, 3.63) is 29.3 Å². The van der Waals surface area contributed by atoms with Gasteiger partial charge in [0.2, 0.25) is 0 Å². The minimum Gasteiger partial charge on any atom is -0.383 e. The van der Waals surface area contributed by atoms with Crippen LogP contribution < -0.4 is 5.32 Å². The molecule has 0 unspecified atom stereocenters. The fourth-order valence-electron chi connectivity index (χ4n) is 2.32. The molecule has 0 aromatic heterocycles. The van der Waals surface area contributed by atoms with Gasteiger partial charge in [-0.25, -0.2) is 0 Å². The molecule has 0 radical (unpaired) electrons. The highest BCUT2D eigenvalue weighted by molar-refractivity contribution is 7.99. The van der Waals surface area contributed by atoms with Crippen LogP contribution in [0.2, 0.25) is 0 Å². The fraction of sp³-hybridized carbons (Fsp3) is 0.600. The molecule has 18 heavy (non-hydrogen) atoms. The Morgan fingerprint density at radius 3 is 3.00 bits per heavy atom. The highest BCUT2D eigenvalue weighted by Gasteiger charge is 2.10. The zero-order chi connectivity index (χ0) is 12.6. The molecule has 0 heterocycles. The molecular weight excluding hydrogens is 242 g/mol. The minimum atomic E-state index is 0.804. The molecule has 0 aliphatic heterocycles. The molecule has 0 spiro atoms. The summed E-state index contributed by atoms with van der Waals surface area (Å²) in [5.74, 6) is 1.19. The summed E-state index contributed by atoms with van der Waals surface area (Å²) in [5.41, 5.74) is 3.15. The summed E-state index contributed by atoms with van der Waals surface area (Å²) in [5, 5.41) is 3.38. The van der Waals surface area contributed by atoms with E-state index < -0.39 is 0 Å². The van der Waals surface area contributed by atoms with Gasteiger partial charge in [-0.1, -0.05) is 6.07 Å². The van der Waals surface area contributed by atoms with Gasteiger partial charge in [0.15, 0.2) is 0 Å². The van der Waals surface area contributed by atoms with E-state index in [9.17, 15) is 0 Å². The van der Waals surface area contributed by atoms with E-state index in [2.05, 4.69) is 23.5 Å². The monoisotopic (exact) mass is 265 g/mol. The van der Waals surface area contributed by atoms with Gasteiger partial charge < -0.3 is 10.1 Å². The smallest absolute Gasteiger partial charge is 0.0587 e. The van der Waals surface area contributed by atoms with Gasteiger partial charge >= 0.3 is 0 Å². The number of nitrogens with one attached hydrogen (secondary N) is 1. The molecule has 1 aromatic carbocycles. The van der Waals surface area contributed by atoms with Crippen molar-refractivity contribution in [2.24, 2.45) is 0 Å². The third-order valence-electron chi connectivity index (χ3n) is 3.32. The number of thioether (sulfide) groups is 1. The van der Waals surface area contributed by atoms with Gasteiger partial charge in [-0.2, -0.15) is 0 Å². The van der Waals surface area contributed by atoms with Crippen LogP contribution in [0.5, 0.6) is 0 Å². The first kappa shape index (κ1) is 13.9. The lowest BCUT2D eigenvalue weighted by molar-refractivity contribution is 0.199. The largest absolute Gasteiger partial charge is 0.383 e. The van der Waals surface area contributed by atoms with Crippen LogP contribution in [0.4, 0.5) is 0 Å². The van der Waals surface area contributed by atoms with Gasteiger partial charge in [0, 0.05) is 18.6 Å². The molecule has 100 valence electrons. The zero-order valence-electron chi connectivity index (χ0n) is 11.2. The third-order valence-corrected chi connectivity index (χ3v) is 4.40. The molecule has 1 N–H and O–H groups in total.